The first-order chi connectivity index (χ1) is 13.1. The second-order valence-corrected chi connectivity index (χ2v) is 8.78. The number of hydrogen-bond donors (Lipinski definition) is 2. The van der Waals surface area contributed by atoms with Gasteiger partial charge in [0.25, 0.3) is 5.91 Å². The van der Waals surface area contributed by atoms with Crippen molar-refractivity contribution in [2.75, 3.05) is 11.1 Å². The molecule has 0 saturated carbocycles. The van der Waals surface area contributed by atoms with Gasteiger partial charge >= 0.3 is 0 Å². The molecule has 0 spiro atoms. The third-order valence-corrected chi connectivity index (χ3v) is 6.96. The first kappa shape index (κ1) is 18.1. The normalized spacial score (nSPS) is 13.3. The van der Waals surface area contributed by atoms with E-state index in [0.717, 1.165) is 41.5 Å². The van der Waals surface area contributed by atoms with Gasteiger partial charge in [-0.05, 0) is 54.2 Å². The minimum atomic E-state index is -0.452. The van der Waals surface area contributed by atoms with Crippen molar-refractivity contribution in [3.05, 3.63) is 58.5 Å². The number of fused-ring (bicyclic) bond motifs is 2. The van der Waals surface area contributed by atoms with E-state index >= 15 is 0 Å². The Morgan fingerprint density at radius 2 is 1.85 bits per heavy atom. The van der Waals surface area contributed by atoms with Crippen molar-refractivity contribution in [2.45, 2.75) is 30.6 Å². The molecule has 0 fully saturated rings. The molecular formula is C21H20N2O2S2. The number of primary amides is 1. The first-order valence-electron chi connectivity index (χ1n) is 8.97. The standard InChI is InChI=1S/C21H20N2O2S2/c22-20(25)19-16-7-3-4-8-17(16)27-21(19)23-18(24)12-26-15-10-9-13-5-1-2-6-14(13)11-15/h1-2,5-6,9-11H,3-4,7-8,12H2,(H2,22,25)(H,23,24). The van der Waals surface area contributed by atoms with E-state index in [4.69, 9.17) is 5.73 Å². The largest absolute Gasteiger partial charge is 0.365 e. The Bertz CT molecular complexity index is 1030. The predicted octanol–water partition coefficient (Wildman–Crippen LogP) is 4.61. The van der Waals surface area contributed by atoms with Gasteiger partial charge in [0.1, 0.15) is 5.00 Å². The van der Waals surface area contributed by atoms with Crippen molar-refractivity contribution in [1.29, 1.82) is 0 Å². The SMILES string of the molecule is NC(=O)c1c(NC(=O)CSc2ccc3ccccc3c2)sc2c1CCCC2. The van der Waals surface area contributed by atoms with E-state index in [1.54, 1.807) is 0 Å². The fraction of sp³-hybridized carbons (Fsp3) is 0.238. The van der Waals surface area contributed by atoms with E-state index in [1.807, 2.05) is 18.2 Å². The summed E-state index contributed by atoms with van der Waals surface area (Å²) in [7, 11) is 0. The molecule has 0 radical (unpaired) electrons. The molecule has 4 nitrogen and oxygen atoms in total. The van der Waals surface area contributed by atoms with Crippen molar-refractivity contribution >= 4 is 50.7 Å². The van der Waals surface area contributed by atoms with E-state index in [9.17, 15) is 9.59 Å². The fourth-order valence-electron chi connectivity index (χ4n) is 3.48. The molecule has 2 aromatic carbocycles. The van der Waals surface area contributed by atoms with Gasteiger partial charge in [-0.15, -0.1) is 23.1 Å². The number of amides is 2. The topological polar surface area (TPSA) is 72.2 Å². The van der Waals surface area contributed by atoms with E-state index in [2.05, 4.69) is 29.6 Å². The molecule has 0 aliphatic heterocycles. The number of carbonyl (C=O) groups is 2. The maximum Gasteiger partial charge on any atom is 0.251 e. The molecule has 1 heterocycles. The van der Waals surface area contributed by atoms with E-state index < -0.39 is 5.91 Å². The maximum absolute atomic E-state index is 12.5. The highest BCUT2D eigenvalue weighted by Gasteiger charge is 2.24. The quantitative estimate of drug-likeness (QED) is 0.619. The second-order valence-electron chi connectivity index (χ2n) is 6.63. The van der Waals surface area contributed by atoms with Crippen LogP contribution in [0.15, 0.2) is 47.4 Å². The lowest BCUT2D eigenvalue weighted by molar-refractivity contribution is -0.113. The zero-order valence-corrected chi connectivity index (χ0v) is 16.4. The zero-order chi connectivity index (χ0) is 18.8. The zero-order valence-electron chi connectivity index (χ0n) is 14.8. The lowest BCUT2D eigenvalue weighted by Crippen LogP contribution is -2.19. The summed E-state index contributed by atoms with van der Waals surface area (Å²) in [6.45, 7) is 0. The highest BCUT2D eigenvalue weighted by atomic mass is 32.2. The number of nitrogens with one attached hydrogen (secondary N) is 1. The van der Waals surface area contributed by atoms with E-state index in [-0.39, 0.29) is 5.91 Å². The number of rotatable bonds is 5. The highest BCUT2D eigenvalue weighted by Crippen LogP contribution is 2.38. The van der Waals surface area contributed by atoms with Crippen molar-refractivity contribution in [3.63, 3.8) is 0 Å². The number of thioether (sulfide) groups is 1. The molecular weight excluding hydrogens is 376 g/mol. The maximum atomic E-state index is 12.5. The number of nitrogens with two attached hydrogens (primary N) is 1. The lowest BCUT2D eigenvalue weighted by Gasteiger charge is -2.11. The minimum absolute atomic E-state index is 0.116. The molecule has 6 heteroatoms. The molecule has 27 heavy (non-hydrogen) atoms. The summed E-state index contributed by atoms with van der Waals surface area (Å²) < 4.78 is 0. The average Bonchev–Trinajstić information content (AvgIpc) is 3.04. The summed E-state index contributed by atoms with van der Waals surface area (Å²) >= 11 is 2.99. The molecule has 0 saturated heterocycles. The Kier molecular flexibility index (Phi) is 5.18. The second kappa shape index (κ2) is 7.74. The third kappa shape index (κ3) is 3.87. The number of hydrogen-bond acceptors (Lipinski definition) is 4. The van der Waals surface area contributed by atoms with Gasteiger partial charge in [0.2, 0.25) is 5.91 Å². The van der Waals surface area contributed by atoms with Crippen LogP contribution < -0.4 is 11.1 Å². The Labute approximate surface area is 166 Å². The van der Waals surface area contributed by atoms with Crippen LogP contribution in [0.1, 0.15) is 33.6 Å². The molecule has 4 rings (SSSR count). The molecule has 3 aromatic rings. The van der Waals surface area contributed by atoms with Crippen LogP contribution in [0.25, 0.3) is 10.8 Å². The number of thiophene rings is 1. The van der Waals surface area contributed by atoms with Gasteiger partial charge in [-0.2, -0.15) is 0 Å². The van der Waals surface area contributed by atoms with Gasteiger partial charge < -0.3 is 11.1 Å². The minimum Gasteiger partial charge on any atom is -0.365 e. The third-order valence-electron chi connectivity index (χ3n) is 4.76. The van der Waals surface area contributed by atoms with Gasteiger partial charge in [0.05, 0.1) is 11.3 Å². The molecule has 138 valence electrons. The summed E-state index contributed by atoms with van der Waals surface area (Å²) in [6.07, 6.45) is 4.01. The average molecular weight is 397 g/mol. The Morgan fingerprint density at radius 3 is 2.67 bits per heavy atom. The van der Waals surface area contributed by atoms with E-state index in [1.165, 1.54) is 33.4 Å². The molecule has 1 aliphatic carbocycles. The fourth-order valence-corrected chi connectivity index (χ4v) is 5.54. The van der Waals surface area contributed by atoms with Crippen LogP contribution in [0.5, 0.6) is 0 Å². The first-order valence-corrected chi connectivity index (χ1v) is 10.8. The van der Waals surface area contributed by atoms with Gasteiger partial charge in [0.15, 0.2) is 0 Å². The predicted molar refractivity (Wildman–Crippen MR) is 113 cm³/mol. The van der Waals surface area contributed by atoms with Gasteiger partial charge in [-0.1, -0.05) is 30.3 Å². The Balaban J connectivity index is 1.46. The van der Waals surface area contributed by atoms with Crippen molar-refractivity contribution in [3.8, 4) is 0 Å². The summed E-state index contributed by atoms with van der Waals surface area (Å²) in [6, 6.07) is 14.3. The van der Waals surface area contributed by atoms with Crippen molar-refractivity contribution in [2.24, 2.45) is 5.73 Å². The van der Waals surface area contributed by atoms with Crippen LogP contribution in [-0.4, -0.2) is 17.6 Å². The van der Waals surface area contributed by atoms with Crippen LogP contribution in [0.3, 0.4) is 0 Å². The number of benzene rings is 2. The van der Waals surface area contributed by atoms with Crippen LogP contribution in [-0.2, 0) is 17.6 Å². The van der Waals surface area contributed by atoms with Crippen molar-refractivity contribution < 1.29 is 9.59 Å². The molecule has 2 amide bonds. The summed E-state index contributed by atoms with van der Waals surface area (Å²) in [5, 5.41) is 5.86. The molecule has 0 unspecified atom stereocenters. The molecule has 0 atom stereocenters. The van der Waals surface area contributed by atoms with Gasteiger partial charge in [-0.3, -0.25) is 9.59 Å². The van der Waals surface area contributed by atoms with Gasteiger partial charge in [0, 0.05) is 9.77 Å². The molecule has 1 aromatic heterocycles. The lowest BCUT2D eigenvalue weighted by atomic mass is 9.95. The smallest absolute Gasteiger partial charge is 0.251 e. The summed E-state index contributed by atoms with van der Waals surface area (Å²) in [5.74, 6) is -0.278. The number of anilines is 1. The molecule has 3 N–H and O–H groups in total. The van der Waals surface area contributed by atoms with Crippen LogP contribution in [0.2, 0.25) is 0 Å². The van der Waals surface area contributed by atoms with Crippen LogP contribution >= 0.6 is 23.1 Å². The molecule has 0 bridgehead atoms. The number of aryl methyl sites for hydroxylation is 1. The summed E-state index contributed by atoms with van der Waals surface area (Å²) in [5.41, 5.74) is 7.14. The Hall–Kier alpha value is -2.31. The highest BCUT2D eigenvalue weighted by molar-refractivity contribution is 8.00. The molecule has 1 aliphatic rings. The van der Waals surface area contributed by atoms with Crippen LogP contribution in [0, 0.1) is 0 Å². The Morgan fingerprint density at radius 1 is 1.07 bits per heavy atom. The van der Waals surface area contributed by atoms with Crippen molar-refractivity contribution in [1.82, 2.24) is 0 Å². The summed E-state index contributed by atoms with van der Waals surface area (Å²) in [4.78, 5) is 26.6. The van der Waals surface area contributed by atoms with E-state index in [0.29, 0.717) is 16.3 Å². The van der Waals surface area contributed by atoms with Crippen LogP contribution in [0.4, 0.5) is 5.00 Å². The number of carbonyl (C=O) groups excluding carboxylic acids is 2. The van der Waals surface area contributed by atoms with Gasteiger partial charge in [-0.25, -0.2) is 0 Å². The monoisotopic (exact) mass is 396 g/mol.